The molecule has 6 N–H and O–H groups in total. The molecule has 0 heterocycles. The second-order valence-corrected chi connectivity index (χ2v) is 2.29. The Kier molecular flexibility index (Phi) is 6.72. The van der Waals surface area contributed by atoms with Gasteiger partial charge in [0.05, 0.1) is 0 Å². The standard InChI is InChI=1S/C6H11NO3.H3N/c1-4(7)2-5(8)3-6(9)10;/h4H,2-3,7H2,1H3,(H,9,10);1H3. The predicted molar refractivity (Wildman–Crippen MR) is 40.5 cm³/mol. The van der Waals surface area contributed by atoms with Crippen LogP contribution < -0.4 is 11.9 Å². The molecule has 0 saturated heterocycles. The smallest absolute Gasteiger partial charge is 0.310 e. The number of hydrogen-bond donors (Lipinski definition) is 3. The lowest BCUT2D eigenvalue weighted by molar-refractivity contribution is -0.140. The number of carbonyl (C=O) groups excluding carboxylic acids is 1. The third-order valence-corrected chi connectivity index (χ3v) is 0.898. The van der Waals surface area contributed by atoms with Gasteiger partial charge in [-0.2, -0.15) is 0 Å². The molecule has 0 aliphatic heterocycles. The van der Waals surface area contributed by atoms with Crippen molar-refractivity contribution in [2.75, 3.05) is 0 Å². The molecule has 1 atom stereocenters. The average molecular weight is 162 g/mol. The zero-order valence-corrected chi connectivity index (χ0v) is 6.54. The van der Waals surface area contributed by atoms with Gasteiger partial charge >= 0.3 is 5.97 Å². The van der Waals surface area contributed by atoms with E-state index >= 15 is 0 Å². The fraction of sp³-hybridized carbons (Fsp3) is 0.667. The van der Waals surface area contributed by atoms with Crippen LogP contribution >= 0.6 is 0 Å². The molecule has 66 valence electrons. The van der Waals surface area contributed by atoms with Gasteiger partial charge in [0.25, 0.3) is 0 Å². The Morgan fingerprint density at radius 1 is 1.55 bits per heavy atom. The zero-order valence-electron chi connectivity index (χ0n) is 6.54. The molecule has 11 heavy (non-hydrogen) atoms. The van der Waals surface area contributed by atoms with Gasteiger partial charge in [0, 0.05) is 12.5 Å². The van der Waals surface area contributed by atoms with E-state index in [1.165, 1.54) is 0 Å². The fourth-order valence-corrected chi connectivity index (χ4v) is 0.600. The van der Waals surface area contributed by atoms with E-state index in [2.05, 4.69) is 0 Å². The molecule has 0 amide bonds. The number of hydrogen-bond acceptors (Lipinski definition) is 4. The summed E-state index contributed by atoms with van der Waals surface area (Å²) in [6.45, 7) is 1.67. The second kappa shape index (κ2) is 5.82. The van der Waals surface area contributed by atoms with Crippen LogP contribution in [0.25, 0.3) is 0 Å². The van der Waals surface area contributed by atoms with Crippen LogP contribution in [0.4, 0.5) is 0 Å². The summed E-state index contributed by atoms with van der Waals surface area (Å²) in [5, 5.41) is 8.14. The quantitative estimate of drug-likeness (QED) is 0.500. The van der Waals surface area contributed by atoms with Crippen molar-refractivity contribution in [1.82, 2.24) is 6.15 Å². The van der Waals surface area contributed by atoms with Crippen LogP contribution in [0.2, 0.25) is 0 Å². The first-order valence-corrected chi connectivity index (χ1v) is 3.01. The minimum atomic E-state index is -1.09. The van der Waals surface area contributed by atoms with E-state index in [9.17, 15) is 9.59 Å². The molecule has 0 aromatic heterocycles. The Morgan fingerprint density at radius 2 is 2.00 bits per heavy atom. The molecule has 0 saturated carbocycles. The van der Waals surface area contributed by atoms with Crippen molar-refractivity contribution in [3.05, 3.63) is 0 Å². The fourth-order valence-electron chi connectivity index (χ4n) is 0.600. The minimum absolute atomic E-state index is 0. The largest absolute Gasteiger partial charge is 0.481 e. The number of aliphatic carboxylic acids is 1. The molecule has 1 unspecified atom stereocenters. The van der Waals surface area contributed by atoms with Gasteiger partial charge in [-0.3, -0.25) is 9.59 Å². The lowest BCUT2D eigenvalue weighted by Gasteiger charge is -2.00. The van der Waals surface area contributed by atoms with Gasteiger partial charge in [0.2, 0.25) is 0 Å². The van der Waals surface area contributed by atoms with Crippen molar-refractivity contribution in [2.45, 2.75) is 25.8 Å². The summed E-state index contributed by atoms with van der Waals surface area (Å²) >= 11 is 0. The summed E-state index contributed by atoms with van der Waals surface area (Å²) in [5.74, 6) is -1.41. The van der Waals surface area contributed by atoms with Crippen LogP contribution in [0, 0.1) is 0 Å². The van der Waals surface area contributed by atoms with Crippen molar-refractivity contribution >= 4 is 11.8 Å². The van der Waals surface area contributed by atoms with Crippen molar-refractivity contribution in [2.24, 2.45) is 5.73 Å². The molecular weight excluding hydrogens is 148 g/mol. The van der Waals surface area contributed by atoms with Crippen LogP contribution in [0.5, 0.6) is 0 Å². The first-order chi connectivity index (χ1) is 4.52. The monoisotopic (exact) mass is 162 g/mol. The highest BCUT2D eigenvalue weighted by Gasteiger charge is 2.08. The summed E-state index contributed by atoms with van der Waals surface area (Å²) in [5.41, 5.74) is 5.26. The number of ketones is 1. The van der Waals surface area contributed by atoms with Crippen LogP contribution in [-0.2, 0) is 9.59 Å². The Bertz CT molecular complexity index is 145. The van der Waals surface area contributed by atoms with Gasteiger partial charge in [-0.25, -0.2) is 0 Å². The molecule has 0 spiro atoms. The van der Waals surface area contributed by atoms with Crippen LogP contribution in [0.1, 0.15) is 19.8 Å². The maximum Gasteiger partial charge on any atom is 0.310 e. The van der Waals surface area contributed by atoms with Crippen molar-refractivity contribution in [3.63, 3.8) is 0 Å². The van der Waals surface area contributed by atoms with Gasteiger partial charge in [0.1, 0.15) is 12.2 Å². The molecule has 0 fully saturated rings. The Morgan fingerprint density at radius 3 is 2.27 bits per heavy atom. The molecule has 5 nitrogen and oxygen atoms in total. The predicted octanol–water partition coefficient (Wildman–Crippen LogP) is -0.0705. The van der Waals surface area contributed by atoms with Crippen molar-refractivity contribution < 1.29 is 14.7 Å². The first-order valence-electron chi connectivity index (χ1n) is 3.01. The molecular formula is C6H14N2O3. The van der Waals surface area contributed by atoms with E-state index < -0.39 is 12.4 Å². The van der Waals surface area contributed by atoms with Gasteiger partial charge in [-0.15, -0.1) is 0 Å². The Labute approximate surface area is 65.2 Å². The van der Waals surface area contributed by atoms with E-state index in [0.29, 0.717) is 0 Å². The van der Waals surface area contributed by atoms with Crippen LogP contribution in [0.15, 0.2) is 0 Å². The third-order valence-electron chi connectivity index (χ3n) is 0.898. The molecule has 5 heteroatoms. The van der Waals surface area contributed by atoms with Gasteiger partial charge in [-0.05, 0) is 6.92 Å². The van der Waals surface area contributed by atoms with E-state index in [1.54, 1.807) is 6.92 Å². The normalized spacial score (nSPS) is 11.5. The van der Waals surface area contributed by atoms with E-state index in [4.69, 9.17) is 10.8 Å². The second-order valence-electron chi connectivity index (χ2n) is 2.29. The number of carbonyl (C=O) groups is 2. The Hall–Kier alpha value is -0.940. The highest BCUT2D eigenvalue weighted by molar-refractivity contribution is 5.94. The number of Topliss-reactive ketones (excluding diaryl/α,β-unsaturated/α-hetero) is 1. The molecule has 0 aliphatic carbocycles. The molecule has 0 aliphatic rings. The molecule has 0 bridgehead atoms. The molecule has 0 rings (SSSR count). The summed E-state index contributed by atoms with van der Waals surface area (Å²) in [7, 11) is 0. The summed E-state index contributed by atoms with van der Waals surface area (Å²) in [6, 6.07) is -0.244. The van der Waals surface area contributed by atoms with Crippen LogP contribution in [-0.4, -0.2) is 22.9 Å². The molecule has 0 aromatic carbocycles. The summed E-state index contributed by atoms with van der Waals surface area (Å²) in [4.78, 5) is 20.5. The van der Waals surface area contributed by atoms with Gasteiger partial charge in [-0.1, -0.05) is 0 Å². The highest BCUT2D eigenvalue weighted by Crippen LogP contribution is 1.92. The zero-order chi connectivity index (χ0) is 8.15. The average Bonchev–Trinajstić information content (AvgIpc) is 1.58. The van der Waals surface area contributed by atoms with Crippen molar-refractivity contribution in [3.8, 4) is 0 Å². The number of nitrogens with two attached hydrogens (primary N) is 1. The number of carboxylic acids is 1. The SMILES string of the molecule is CC(N)CC(=O)CC(=O)O.N. The molecule has 0 aromatic rings. The van der Waals surface area contributed by atoms with E-state index in [0.717, 1.165) is 0 Å². The number of rotatable bonds is 4. The number of carboxylic acid groups (broad SMARTS) is 1. The maximum absolute atomic E-state index is 10.6. The Balaban J connectivity index is 0. The topological polar surface area (TPSA) is 115 Å². The van der Waals surface area contributed by atoms with Crippen LogP contribution in [0.3, 0.4) is 0 Å². The maximum atomic E-state index is 10.6. The van der Waals surface area contributed by atoms with Gasteiger partial charge in [0.15, 0.2) is 0 Å². The summed E-state index contributed by atoms with van der Waals surface area (Å²) in [6.07, 6.45) is -0.270. The van der Waals surface area contributed by atoms with Gasteiger partial charge < -0.3 is 17.0 Å². The lowest BCUT2D eigenvalue weighted by Crippen LogP contribution is -2.21. The summed E-state index contributed by atoms with van der Waals surface area (Å²) < 4.78 is 0. The van der Waals surface area contributed by atoms with E-state index in [-0.39, 0.29) is 24.4 Å². The highest BCUT2D eigenvalue weighted by atomic mass is 16.4. The third kappa shape index (κ3) is 9.06. The minimum Gasteiger partial charge on any atom is -0.481 e. The lowest BCUT2D eigenvalue weighted by atomic mass is 10.1. The van der Waals surface area contributed by atoms with E-state index in [1.807, 2.05) is 0 Å². The first kappa shape index (κ1) is 12.7. The molecule has 0 radical (unpaired) electrons. The van der Waals surface area contributed by atoms with Crippen molar-refractivity contribution in [1.29, 1.82) is 0 Å².